The van der Waals surface area contributed by atoms with E-state index in [9.17, 15) is 4.79 Å². The van der Waals surface area contributed by atoms with Gasteiger partial charge in [-0.2, -0.15) is 0 Å². The maximum absolute atomic E-state index is 11.6. The van der Waals surface area contributed by atoms with Gasteiger partial charge in [-0.1, -0.05) is 31.2 Å². The highest BCUT2D eigenvalue weighted by Crippen LogP contribution is 2.34. The minimum absolute atomic E-state index is 0.135. The molecule has 0 amide bonds. The molecule has 0 bridgehead atoms. The van der Waals surface area contributed by atoms with Crippen LogP contribution in [0.5, 0.6) is 0 Å². The number of ether oxygens (including phenoxy) is 1. The van der Waals surface area contributed by atoms with Gasteiger partial charge in [0.2, 0.25) is 0 Å². The predicted octanol–water partition coefficient (Wildman–Crippen LogP) is 1.80. The Balaban J connectivity index is 2.25. The van der Waals surface area contributed by atoms with Crippen LogP contribution in [0.15, 0.2) is 24.3 Å². The smallest absolute Gasteiger partial charge is 0.132 e. The Kier molecular flexibility index (Phi) is 3.79. The first-order valence-electron chi connectivity index (χ1n) is 6.33. The van der Waals surface area contributed by atoms with E-state index in [0.29, 0.717) is 12.3 Å². The summed E-state index contributed by atoms with van der Waals surface area (Å²) < 4.78 is 5.41. The van der Waals surface area contributed by atoms with Crippen molar-refractivity contribution in [3.63, 3.8) is 0 Å². The summed E-state index contributed by atoms with van der Waals surface area (Å²) in [5.41, 5.74) is -0.135. The molecule has 1 heterocycles. The highest BCUT2D eigenvalue weighted by atomic mass is 16.5. The van der Waals surface area contributed by atoms with Gasteiger partial charge in [0.1, 0.15) is 5.78 Å². The highest BCUT2D eigenvalue weighted by Gasteiger charge is 2.40. The molecular weight excluding hydrogens is 214 g/mol. The second kappa shape index (κ2) is 5.15. The molecule has 0 aromatic carbocycles. The van der Waals surface area contributed by atoms with Gasteiger partial charge in [-0.05, 0) is 12.8 Å². The van der Waals surface area contributed by atoms with Gasteiger partial charge in [-0.15, -0.1) is 0 Å². The lowest BCUT2D eigenvalue weighted by atomic mass is 9.76. The summed E-state index contributed by atoms with van der Waals surface area (Å²) in [5, 5.41) is 0. The van der Waals surface area contributed by atoms with Crippen LogP contribution >= 0.6 is 0 Å². The predicted molar refractivity (Wildman–Crippen MR) is 67.9 cm³/mol. The molecule has 3 heteroatoms. The largest absolute Gasteiger partial charge is 0.379 e. The first kappa shape index (κ1) is 12.5. The van der Waals surface area contributed by atoms with E-state index in [1.807, 2.05) is 0 Å². The van der Waals surface area contributed by atoms with Crippen LogP contribution in [0.2, 0.25) is 0 Å². The average molecular weight is 235 g/mol. The number of Topliss-reactive ketones (excluding diaryl/α,β-unsaturated/α-hetero) is 1. The molecule has 2 unspecified atom stereocenters. The van der Waals surface area contributed by atoms with E-state index in [0.717, 1.165) is 26.3 Å². The van der Waals surface area contributed by atoms with Crippen LogP contribution in [-0.2, 0) is 9.53 Å². The van der Waals surface area contributed by atoms with Gasteiger partial charge in [0.15, 0.2) is 0 Å². The van der Waals surface area contributed by atoms with Crippen LogP contribution in [0.3, 0.4) is 0 Å². The van der Waals surface area contributed by atoms with E-state index < -0.39 is 0 Å². The second-order valence-electron chi connectivity index (χ2n) is 5.00. The monoisotopic (exact) mass is 235 g/mol. The molecule has 0 N–H and O–H groups in total. The Morgan fingerprint density at radius 3 is 2.71 bits per heavy atom. The Hall–Kier alpha value is -0.930. The van der Waals surface area contributed by atoms with Crippen molar-refractivity contribution in [3.05, 3.63) is 24.3 Å². The van der Waals surface area contributed by atoms with E-state index in [4.69, 9.17) is 4.74 Å². The summed E-state index contributed by atoms with van der Waals surface area (Å²) in [7, 11) is 0. The molecule has 1 aliphatic heterocycles. The van der Waals surface area contributed by atoms with Crippen LogP contribution < -0.4 is 0 Å². The van der Waals surface area contributed by atoms with Gasteiger partial charge in [0.05, 0.1) is 18.8 Å². The average Bonchev–Trinajstić information content (AvgIpc) is 2.33. The molecule has 1 aliphatic carbocycles. The van der Waals surface area contributed by atoms with Crippen molar-refractivity contribution in [1.29, 1.82) is 0 Å². The SMILES string of the molecule is CC(=O)CC1(N2CCOCC2)C=CC=CC1C. The minimum Gasteiger partial charge on any atom is -0.379 e. The fourth-order valence-corrected chi connectivity index (χ4v) is 2.87. The summed E-state index contributed by atoms with van der Waals surface area (Å²) in [5.74, 6) is 0.623. The van der Waals surface area contributed by atoms with Gasteiger partial charge in [0, 0.05) is 19.5 Å². The van der Waals surface area contributed by atoms with Gasteiger partial charge in [-0.3, -0.25) is 9.69 Å². The summed E-state index contributed by atoms with van der Waals surface area (Å²) in [6.07, 6.45) is 9.12. The molecule has 0 aromatic rings. The number of allylic oxidation sites excluding steroid dienone is 2. The van der Waals surface area contributed by atoms with Crippen molar-refractivity contribution in [3.8, 4) is 0 Å². The Bertz CT molecular complexity index is 342. The molecule has 1 saturated heterocycles. The standard InChI is InChI=1S/C14H21NO2/c1-12-5-3-4-6-14(12,11-13(2)16)15-7-9-17-10-8-15/h3-6,12H,7-11H2,1-2H3. The van der Waals surface area contributed by atoms with Crippen LogP contribution in [0.25, 0.3) is 0 Å². The Morgan fingerprint density at radius 1 is 1.41 bits per heavy atom. The zero-order chi connectivity index (χ0) is 12.3. The van der Waals surface area contributed by atoms with Crippen LogP contribution in [-0.4, -0.2) is 42.5 Å². The second-order valence-corrected chi connectivity index (χ2v) is 5.00. The summed E-state index contributed by atoms with van der Waals surface area (Å²) in [4.78, 5) is 14.0. The van der Waals surface area contributed by atoms with Gasteiger partial charge >= 0.3 is 0 Å². The molecule has 1 fully saturated rings. The van der Waals surface area contributed by atoms with E-state index in [1.165, 1.54) is 0 Å². The van der Waals surface area contributed by atoms with Gasteiger partial charge in [0.25, 0.3) is 0 Å². The number of hydrogen-bond acceptors (Lipinski definition) is 3. The number of ketones is 1. The molecule has 0 spiro atoms. The molecule has 2 aliphatic rings. The van der Waals surface area contributed by atoms with Crippen molar-refractivity contribution in [2.24, 2.45) is 5.92 Å². The zero-order valence-electron chi connectivity index (χ0n) is 10.7. The molecule has 0 radical (unpaired) electrons. The van der Waals surface area contributed by atoms with Gasteiger partial charge < -0.3 is 4.74 Å². The lowest BCUT2D eigenvalue weighted by Gasteiger charge is -2.47. The van der Waals surface area contributed by atoms with E-state index >= 15 is 0 Å². The molecular formula is C14H21NO2. The van der Waals surface area contributed by atoms with E-state index in [-0.39, 0.29) is 11.3 Å². The maximum atomic E-state index is 11.6. The topological polar surface area (TPSA) is 29.5 Å². The summed E-state index contributed by atoms with van der Waals surface area (Å²) in [6, 6.07) is 0. The zero-order valence-corrected chi connectivity index (χ0v) is 10.7. The molecule has 94 valence electrons. The summed E-state index contributed by atoms with van der Waals surface area (Å²) in [6.45, 7) is 7.24. The van der Waals surface area contributed by atoms with Crippen molar-refractivity contribution in [1.82, 2.24) is 4.90 Å². The molecule has 2 atom stereocenters. The van der Waals surface area contributed by atoms with Crippen molar-refractivity contribution >= 4 is 5.78 Å². The van der Waals surface area contributed by atoms with Crippen molar-refractivity contribution < 1.29 is 9.53 Å². The third-order valence-corrected chi connectivity index (χ3v) is 3.82. The van der Waals surface area contributed by atoms with E-state index in [1.54, 1.807) is 6.92 Å². The number of carbonyl (C=O) groups excluding carboxylic acids is 1. The first-order valence-corrected chi connectivity index (χ1v) is 6.33. The first-order chi connectivity index (χ1) is 8.15. The van der Waals surface area contributed by atoms with E-state index in [2.05, 4.69) is 36.1 Å². The third-order valence-electron chi connectivity index (χ3n) is 3.82. The lowest BCUT2D eigenvalue weighted by molar-refractivity contribution is -0.121. The fraction of sp³-hybridized carbons (Fsp3) is 0.643. The maximum Gasteiger partial charge on any atom is 0.132 e. The quantitative estimate of drug-likeness (QED) is 0.747. The number of rotatable bonds is 3. The molecule has 3 nitrogen and oxygen atoms in total. The molecule has 2 rings (SSSR count). The minimum atomic E-state index is -0.135. The lowest BCUT2D eigenvalue weighted by Crippen LogP contribution is -2.56. The summed E-state index contributed by atoms with van der Waals surface area (Å²) >= 11 is 0. The molecule has 0 aromatic heterocycles. The van der Waals surface area contributed by atoms with Gasteiger partial charge in [-0.25, -0.2) is 0 Å². The molecule has 17 heavy (non-hydrogen) atoms. The number of nitrogens with zero attached hydrogens (tertiary/aromatic N) is 1. The number of hydrogen-bond donors (Lipinski definition) is 0. The Labute approximate surface area is 103 Å². The normalized spacial score (nSPS) is 33.9. The fourth-order valence-electron chi connectivity index (χ4n) is 2.87. The number of morpholine rings is 1. The van der Waals surface area contributed by atoms with Crippen molar-refractivity contribution in [2.45, 2.75) is 25.8 Å². The van der Waals surface area contributed by atoms with Crippen LogP contribution in [0, 0.1) is 5.92 Å². The highest BCUT2D eigenvalue weighted by molar-refractivity contribution is 5.77. The Morgan fingerprint density at radius 2 is 2.12 bits per heavy atom. The molecule has 0 saturated carbocycles. The van der Waals surface area contributed by atoms with Crippen LogP contribution in [0.1, 0.15) is 20.3 Å². The van der Waals surface area contributed by atoms with Crippen molar-refractivity contribution in [2.75, 3.05) is 26.3 Å². The third kappa shape index (κ3) is 2.50. The number of carbonyl (C=O) groups is 1. The van der Waals surface area contributed by atoms with Crippen LogP contribution in [0.4, 0.5) is 0 Å².